The van der Waals surface area contributed by atoms with Gasteiger partial charge in [0.15, 0.2) is 0 Å². The lowest BCUT2D eigenvalue weighted by atomic mass is 9.91. The first-order valence-corrected chi connectivity index (χ1v) is 5.24. The van der Waals surface area contributed by atoms with Crippen LogP contribution in [0.3, 0.4) is 0 Å². The average Bonchev–Trinajstić information content (AvgIpc) is 2.29. The summed E-state index contributed by atoms with van der Waals surface area (Å²) in [6.45, 7) is 3.16. The van der Waals surface area contributed by atoms with Gasteiger partial charge < -0.3 is 4.74 Å². The van der Waals surface area contributed by atoms with Gasteiger partial charge in [0.05, 0.1) is 7.11 Å². The van der Waals surface area contributed by atoms with Crippen molar-refractivity contribution in [1.82, 2.24) is 0 Å². The van der Waals surface area contributed by atoms with E-state index in [4.69, 9.17) is 11.6 Å². The number of alkyl halides is 3. The van der Waals surface area contributed by atoms with E-state index in [1.807, 2.05) is 0 Å². The number of carbonyl (C=O) groups is 1. The second-order valence-electron chi connectivity index (χ2n) is 3.54. The van der Waals surface area contributed by atoms with Gasteiger partial charge in [0.1, 0.15) is 5.92 Å². The molecule has 0 bridgehead atoms. The van der Waals surface area contributed by atoms with Crippen LogP contribution in [0.15, 0.2) is 36.4 Å². The fourth-order valence-electron chi connectivity index (χ4n) is 1.49. The van der Waals surface area contributed by atoms with Gasteiger partial charge in [-0.25, -0.2) is 4.79 Å². The predicted octanol–water partition coefficient (Wildman–Crippen LogP) is 3.72. The summed E-state index contributed by atoms with van der Waals surface area (Å²) in [6, 6.07) is 5.05. The molecule has 1 atom stereocenters. The van der Waals surface area contributed by atoms with Crippen molar-refractivity contribution < 1.29 is 22.7 Å². The minimum atomic E-state index is -4.63. The van der Waals surface area contributed by atoms with E-state index in [0.717, 1.165) is 7.11 Å². The van der Waals surface area contributed by atoms with E-state index in [1.54, 1.807) is 0 Å². The van der Waals surface area contributed by atoms with E-state index in [1.165, 1.54) is 24.3 Å². The van der Waals surface area contributed by atoms with E-state index in [0.29, 0.717) is 5.02 Å². The summed E-state index contributed by atoms with van der Waals surface area (Å²) in [7, 11) is 1.00. The first kappa shape index (κ1) is 14.6. The molecule has 0 heterocycles. The Morgan fingerprint density at radius 3 is 2.22 bits per heavy atom. The van der Waals surface area contributed by atoms with Crippen LogP contribution in [0.4, 0.5) is 13.2 Å². The summed E-state index contributed by atoms with van der Waals surface area (Å²) < 4.78 is 43.1. The lowest BCUT2D eigenvalue weighted by molar-refractivity contribution is -0.153. The van der Waals surface area contributed by atoms with Crippen LogP contribution in [0.5, 0.6) is 0 Å². The Balaban J connectivity index is 3.18. The summed E-state index contributed by atoms with van der Waals surface area (Å²) in [5, 5.41) is 0.309. The normalized spacial score (nSPS) is 12.9. The molecule has 0 spiro atoms. The Morgan fingerprint density at radius 2 is 1.83 bits per heavy atom. The second-order valence-corrected chi connectivity index (χ2v) is 3.98. The molecule has 0 aliphatic carbocycles. The lowest BCUT2D eigenvalue weighted by Crippen LogP contribution is -2.26. The van der Waals surface area contributed by atoms with E-state index >= 15 is 0 Å². The average molecular weight is 279 g/mol. The maximum absolute atomic E-state index is 13.0. The zero-order valence-electron chi connectivity index (χ0n) is 9.42. The highest BCUT2D eigenvalue weighted by Gasteiger charge is 2.44. The number of ether oxygens (including phenoxy) is 1. The minimum absolute atomic E-state index is 0.109. The van der Waals surface area contributed by atoms with Crippen LogP contribution < -0.4 is 0 Å². The Bertz CT molecular complexity index is 451. The van der Waals surface area contributed by atoms with Gasteiger partial charge in [0, 0.05) is 10.6 Å². The summed E-state index contributed by atoms with van der Waals surface area (Å²) in [5.41, 5.74) is -0.769. The van der Waals surface area contributed by atoms with Gasteiger partial charge in [0.2, 0.25) is 0 Å². The Kier molecular flexibility index (Phi) is 4.40. The molecule has 6 heteroatoms. The molecule has 0 radical (unpaired) electrons. The van der Waals surface area contributed by atoms with Crippen molar-refractivity contribution in [2.45, 2.75) is 12.1 Å². The molecular formula is C12H10ClF3O2. The third-order valence-corrected chi connectivity index (χ3v) is 2.58. The van der Waals surface area contributed by atoms with Gasteiger partial charge in [0.25, 0.3) is 0 Å². The SMILES string of the molecule is C=C(C(=O)OC)C(c1ccc(Cl)cc1)C(F)(F)F. The summed E-state index contributed by atoms with van der Waals surface area (Å²) in [5.74, 6) is -3.19. The molecule has 0 aliphatic heterocycles. The molecule has 1 aromatic carbocycles. The van der Waals surface area contributed by atoms with E-state index in [2.05, 4.69) is 11.3 Å². The molecule has 0 amide bonds. The number of carbonyl (C=O) groups excluding carboxylic acids is 1. The third-order valence-electron chi connectivity index (χ3n) is 2.33. The molecule has 0 saturated heterocycles. The van der Waals surface area contributed by atoms with Crippen LogP contribution in [-0.2, 0) is 9.53 Å². The maximum Gasteiger partial charge on any atom is 0.399 e. The highest BCUT2D eigenvalue weighted by atomic mass is 35.5. The third kappa shape index (κ3) is 3.26. The van der Waals surface area contributed by atoms with Gasteiger partial charge in [-0.15, -0.1) is 0 Å². The van der Waals surface area contributed by atoms with E-state index < -0.39 is 23.6 Å². The molecule has 1 aromatic rings. The highest BCUT2D eigenvalue weighted by molar-refractivity contribution is 6.30. The molecule has 2 nitrogen and oxygen atoms in total. The van der Waals surface area contributed by atoms with E-state index in [-0.39, 0.29) is 5.56 Å². The Hall–Kier alpha value is -1.49. The van der Waals surface area contributed by atoms with Crippen molar-refractivity contribution in [3.8, 4) is 0 Å². The standard InChI is InChI=1S/C12H10ClF3O2/c1-7(11(17)18-2)10(12(14,15)16)8-3-5-9(13)6-4-8/h3-6,10H,1H2,2H3. The van der Waals surface area contributed by atoms with Crippen molar-refractivity contribution in [2.75, 3.05) is 7.11 Å². The van der Waals surface area contributed by atoms with Crippen LogP contribution in [0, 0.1) is 0 Å². The van der Waals surface area contributed by atoms with Crippen molar-refractivity contribution in [1.29, 1.82) is 0 Å². The largest absolute Gasteiger partial charge is 0.466 e. The Morgan fingerprint density at radius 1 is 1.33 bits per heavy atom. The topological polar surface area (TPSA) is 26.3 Å². The molecule has 1 rings (SSSR count). The van der Waals surface area contributed by atoms with Gasteiger partial charge in [-0.1, -0.05) is 30.3 Å². The van der Waals surface area contributed by atoms with Crippen LogP contribution in [0.2, 0.25) is 5.02 Å². The first-order valence-electron chi connectivity index (χ1n) is 4.86. The van der Waals surface area contributed by atoms with Gasteiger partial charge in [-0.05, 0) is 17.7 Å². The highest BCUT2D eigenvalue weighted by Crippen LogP contribution is 2.40. The molecular weight excluding hydrogens is 269 g/mol. The minimum Gasteiger partial charge on any atom is -0.466 e. The van der Waals surface area contributed by atoms with Crippen molar-refractivity contribution in [2.24, 2.45) is 0 Å². The number of hydrogen-bond acceptors (Lipinski definition) is 2. The number of hydrogen-bond donors (Lipinski definition) is 0. The summed E-state index contributed by atoms with van der Waals surface area (Å²) >= 11 is 5.60. The maximum atomic E-state index is 13.0. The van der Waals surface area contributed by atoms with Gasteiger partial charge in [-0.3, -0.25) is 0 Å². The number of halogens is 4. The van der Waals surface area contributed by atoms with Crippen LogP contribution in [0.25, 0.3) is 0 Å². The van der Waals surface area contributed by atoms with Crippen molar-refractivity contribution in [3.63, 3.8) is 0 Å². The van der Waals surface area contributed by atoms with Crippen LogP contribution in [0.1, 0.15) is 11.5 Å². The van der Waals surface area contributed by atoms with E-state index in [9.17, 15) is 18.0 Å². The van der Waals surface area contributed by atoms with Crippen molar-refractivity contribution >= 4 is 17.6 Å². The molecule has 0 fully saturated rings. The van der Waals surface area contributed by atoms with Crippen LogP contribution in [-0.4, -0.2) is 19.3 Å². The quantitative estimate of drug-likeness (QED) is 0.622. The second kappa shape index (κ2) is 5.44. The lowest BCUT2D eigenvalue weighted by Gasteiger charge is -2.21. The molecule has 98 valence electrons. The molecule has 18 heavy (non-hydrogen) atoms. The number of methoxy groups -OCH3 is 1. The molecule has 0 aliphatic rings. The zero-order valence-corrected chi connectivity index (χ0v) is 10.2. The number of benzene rings is 1. The summed E-state index contributed by atoms with van der Waals surface area (Å²) in [4.78, 5) is 11.2. The molecule has 0 saturated carbocycles. The van der Waals surface area contributed by atoms with Gasteiger partial charge in [-0.2, -0.15) is 13.2 Å². The first-order chi connectivity index (χ1) is 8.27. The summed E-state index contributed by atoms with van der Waals surface area (Å²) in [6.07, 6.45) is -4.63. The molecule has 1 unspecified atom stereocenters. The molecule has 0 aromatic heterocycles. The van der Waals surface area contributed by atoms with Gasteiger partial charge >= 0.3 is 12.1 Å². The smallest absolute Gasteiger partial charge is 0.399 e. The number of esters is 1. The fourth-order valence-corrected chi connectivity index (χ4v) is 1.62. The van der Waals surface area contributed by atoms with Crippen molar-refractivity contribution in [3.05, 3.63) is 47.0 Å². The number of rotatable bonds is 3. The molecule has 0 N–H and O–H groups in total. The monoisotopic (exact) mass is 278 g/mol. The van der Waals surface area contributed by atoms with Crippen LogP contribution >= 0.6 is 11.6 Å². The predicted molar refractivity (Wildman–Crippen MR) is 61.4 cm³/mol. The Labute approximate surface area is 107 Å². The zero-order chi connectivity index (χ0) is 13.9. The fraction of sp³-hybridized carbons (Fsp3) is 0.250.